The van der Waals surface area contributed by atoms with Crippen LogP contribution in [0.25, 0.3) is 21.9 Å². The van der Waals surface area contributed by atoms with Gasteiger partial charge in [-0.3, -0.25) is 4.98 Å². The first-order valence-electron chi connectivity index (χ1n) is 10.2. The molecule has 0 aliphatic carbocycles. The number of carbonyl (C=O) groups excluding carboxylic acids is 1. The third kappa shape index (κ3) is 4.04. The monoisotopic (exact) mass is 389 g/mol. The van der Waals surface area contributed by atoms with Gasteiger partial charge in [0.25, 0.3) is 0 Å². The fraction of sp³-hybridized carbons (Fsp3) is 0.333. The van der Waals surface area contributed by atoms with Crippen molar-refractivity contribution in [1.29, 1.82) is 0 Å². The van der Waals surface area contributed by atoms with Gasteiger partial charge in [-0.1, -0.05) is 31.2 Å². The van der Waals surface area contributed by atoms with E-state index in [-0.39, 0.29) is 18.2 Å². The lowest BCUT2D eigenvalue weighted by Crippen LogP contribution is -2.50. The molecule has 2 aromatic carbocycles. The summed E-state index contributed by atoms with van der Waals surface area (Å²) in [6.07, 6.45) is 4.47. The average molecular weight is 389 g/mol. The number of carbonyl (C=O) groups is 1. The number of aromatic nitrogens is 1. The smallest absolute Gasteiger partial charge is 0.315 e. The maximum atomic E-state index is 11.6. The van der Waals surface area contributed by atoms with Crippen molar-refractivity contribution < 1.29 is 9.53 Å². The van der Waals surface area contributed by atoms with Gasteiger partial charge in [-0.15, -0.1) is 0 Å². The number of likely N-dealkylation sites (tertiary alicyclic amines) is 1. The minimum Gasteiger partial charge on any atom is -0.490 e. The molecule has 5 heteroatoms. The Kier molecular flexibility index (Phi) is 5.38. The third-order valence-corrected chi connectivity index (χ3v) is 5.88. The van der Waals surface area contributed by atoms with Crippen molar-refractivity contribution in [2.75, 3.05) is 6.54 Å². The molecule has 5 nitrogen and oxygen atoms in total. The summed E-state index contributed by atoms with van der Waals surface area (Å²) in [5.41, 5.74) is 8.87. The molecular formula is C24H27N3O2. The summed E-state index contributed by atoms with van der Waals surface area (Å²) in [6, 6.07) is 16.6. The molecular weight excluding hydrogens is 362 g/mol. The largest absolute Gasteiger partial charge is 0.490 e. The van der Waals surface area contributed by atoms with Crippen molar-refractivity contribution in [1.82, 2.24) is 9.88 Å². The van der Waals surface area contributed by atoms with E-state index in [0.717, 1.165) is 36.3 Å². The first-order valence-corrected chi connectivity index (χ1v) is 10.2. The number of pyridine rings is 1. The van der Waals surface area contributed by atoms with Gasteiger partial charge in [0, 0.05) is 42.7 Å². The fourth-order valence-electron chi connectivity index (χ4n) is 4.23. The van der Waals surface area contributed by atoms with Gasteiger partial charge in [0.05, 0.1) is 0 Å². The summed E-state index contributed by atoms with van der Waals surface area (Å²) in [4.78, 5) is 17.7. The zero-order valence-corrected chi connectivity index (χ0v) is 17.0. The quantitative estimate of drug-likeness (QED) is 0.689. The zero-order valence-electron chi connectivity index (χ0n) is 17.0. The Hall–Kier alpha value is -3.08. The van der Waals surface area contributed by atoms with Crippen LogP contribution >= 0.6 is 0 Å². The molecule has 0 spiro atoms. The van der Waals surface area contributed by atoms with E-state index >= 15 is 0 Å². The Morgan fingerprint density at radius 1 is 1.17 bits per heavy atom. The molecule has 1 aliphatic rings. The summed E-state index contributed by atoms with van der Waals surface area (Å²) >= 11 is 0. The van der Waals surface area contributed by atoms with Crippen LogP contribution in [0.15, 0.2) is 54.7 Å². The number of benzene rings is 2. The molecule has 3 aromatic rings. The van der Waals surface area contributed by atoms with Crippen molar-refractivity contribution in [2.45, 2.75) is 45.3 Å². The fourth-order valence-corrected chi connectivity index (χ4v) is 4.23. The highest BCUT2D eigenvalue weighted by molar-refractivity contribution is 5.88. The van der Waals surface area contributed by atoms with Crippen LogP contribution in [0.1, 0.15) is 31.9 Å². The van der Waals surface area contributed by atoms with E-state index in [1.54, 1.807) is 4.90 Å². The second kappa shape index (κ2) is 8.11. The van der Waals surface area contributed by atoms with E-state index in [9.17, 15) is 4.79 Å². The van der Waals surface area contributed by atoms with E-state index < -0.39 is 0 Å². The standard InChI is InChI=1S/C24H27N3O2/c1-3-20-15-22(11-13-27(20)24(25)28)29-21-7-4-17(5-8-21)18-6-9-23-16(2)26-12-10-19(23)14-18/h4-10,12,14,20,22H,3,11,13,15H2,1-2H3,(H2,25,28). The molecule has 2 unspecified atom stereocenters. The number of hydrogen-bond donors (Lipinski definition) is 1. The zero-order chi connectivity index (χ0) is 20.4. The second-order valence-electron chi connectivity index (χ2n) is 7.71. The van der Waals surface area contributed by atoms with Crippen molar-refractivity contribution in [2.24, 2.45) is 5.73 Å². The maximum absolute atomic E-state index is 11.6. The number of rotatable bonds is 4. The van der Waals surface area contributed by atoms with Gasteiger partial charge in [-0.05, 0) is 54.1 Å². The summed E-state index contributed by atoms with van der Waals surface area (Å²) < 4.78 is 6.21. The number of nitrogens with two attached hydrogens (primary N) is 1. The Bertz CT molecular complexity index is 1020. The van der Waals surface area contributed by atoms with Crippen LogP contribution in [-0.4, -0.2) is 34.6 Å². The van der Waals surface area contributed by atoms with E-state index in [1.165, 1.54) is 16.3 Å². The van der Waals surface area contributed by atoms with Crippen LogP contribution in [0.3, 0.4) is 0 Å². The molecule has 2 amide bonds. The molecule has 2 heterocycles. The minimum atomic E-state index is -0.332. The van der Waals surface area contributed by atoms with E-state index in [2.05, 4.69) is 42.2 Å². The minimum absolute atomic E-state index is 0.109. The number of fused-ring (bicyclic) bond motifs is 1. The van der Waals surface area contributed by atoms with E-state index in [1.807, 2.05) is 31.3 Å². The molecule has 1 aliphatic heterocycles. The van der Waals surface area contributed by atoms with Gasteiger partial charge in [0.2, 0.25) is 0 Å². The summed E-state index contributed by atoms with van der Waals surface area (Å²) in [5.74, 6) is 0.863. The molecule has 0 bridgehead atoms. The molecule has 1 saturated heterocycles. The van der Waals surface area contributed by atoms with E-state index in [0.29, 0.717) is 6.54 Å². The van der Waals surface area contributed by atoms with Crippen molar-refractivity contribution in [3.05, 3.63) is 60.4 Å². The van der Waals surface area contributed by atoms with Crippen molar-refractivity contribution in [3.63, 3.8) is 0 Å². The second-order valence-corrected chi connectivity index (χ2v) is 7.71. The van der Waals surface area contributed by atoms with Crippen molar-refractivity contribution >= 4 is 16.8 Å². The normalized spacial score (nSPS) is 19.3. The van der Waals surface area contributed by atoms with E-state index in [4.69, 9.17) is 10.5 Å². The maximum Gasteiger partial charge on any atom is 0.315 e. The predicted octanol–water partition coefficient (Wildman–Crippen LogP) is 4.91. The summed E-state index contributed by atoms with van der Waals surface area (Å²) in [6.45, 7) is 4.77. The summed E-state index contributed by atoms with van der Waals surface area (Å²) in [7, 11) is 0. The molecule has 0 radical (unpaired) electrons. The highest BCUT2D eigenvalue weighted by Gasteiger charge is 2.30. The molecule has 150 valence electrons. The van der Waals surface area contributed by atoms with Crippen LogP contribution in [0, 0.1) is 6.92 Å². The van der Waals surface area contributed by atoms with Crippen LogP contribution in [-0.2, 0) is 0 Å². The Balaban J connectivity index is 1.46. The molecule has 29 heavy (non-hydrogen) atoms. The molecule has 0 saturated carbocycles. The Labute approximate surface area is 171 Å². The number of aryl methyl sites for hydroxylation is 1. The Morgan fingerprint density at radius 3 is 2.66 bits per heavy atom. The number of ether oxygens (including phenoxy) is 1. The molecule has 2 N–H and O–H groups in total. The molecule has 2 atom stereocenters. The average Bonchev–Trinajstić information content (AvgIpc) is 2.74. The van der Waals surface area contributed by atoms with Crippen LogP contribution in [0.2, 0.25) is 0 Å². The topological polar surface area (TPSA) is 68.4 Å². The van der Waals surface area contributed by atoms with Gasteiger partial charge in [0.1, 0.15) is 11.9 Å². The van der Waals surface area contributed by atoms with Crippen LogP contribution in [0.5, 0.6) is 5.75 Å². The number of piperidine rings is 1. The third-order valence-electron chi connectivity index (χ3n) is 5.88. The molecule has 4 rings (SSSR count). The lowest BCUT2D eigenvalue weighted by Gasteiger charge is -2.38. The number of amides is 2. The van der Waals surface area contributed by atoms with Gasteiger partial charge in [-0.25, -0.2) is 4.79 Å². The van der Waals surface area contributed by atoms with Crippen molar-refractivity contribution in [3.8, 4) is 16.9 Å². The highest BCUT2D eigenvalue weighted by atomic mass is 16.5. The molecule has 1 fully saturated rings. The van der Waals surface area contributed by atoms with Gasteiger partial charge in [-0.2, -0.15) is 0 Å². The number of nitrogens with zero attached hydrogens (tertiary/aromatic N) is 2. The highest BCUT2D eigenvalue weighted by Crippen LogP contribution is 2.29. The van der Waals surface area contributed by atoms with Crippen LogP contribution in [0.4, 0.5) is 4.79 Å². The predicted molar refractivity (Wildman–Crippen MR) is 116 cm³/mol. The number of urea groups is 1. The molecule has 1 aromatic heterocycles. The van der Waals surface area contributed by atoms with Gasteiger partial charge >= 0.3 is 6.03 Å². The first kappa shape index (κ1) is 19.2. The number of hydrogen-bond acceptors (Lipinski definition) is 3. The lowest BCUT2D eigenvalue weighted by atomic mass is 9.97. The van der Waals surface area contributed by atoms with Gasteiger partial charge in [0.15, 0.2) is 0 Å². The van der Waals surface area contributed by atoms with Crippen LogP contribution < -0.4 is 10.5 Å². The SMILES string of the molecule is CCC1CC(Oc2ccc(-c3ccc4c(C)nccc4c3)cc2)CCN1C(N)=O. The Morgan fingerprint density at radius 2 is 1.93 bits per heavy atom. The lowest BCUT2D eigenvalue weighted by molar-refractivity contribution is 0.0752. The summed E-state index contributed by atoms with van der Waals surface area (Å²) in [5, 5.41) is 2.38. The first-order chi connectivity index (χ1) is 14.0. The van der Waals surface area contributed by atoms with Gasteiger partial charge < -0.3 is 15.4 Å². The number of primary amides is 1.